The van der Waals surface area contributed by atoms with Crippen LogP contribution in [-0.2, 0) is 11.3 Å². The number of rotatable bonds is 9. The van der Waals surface area contributed by atoms with Gasteiger partial charge in [-0.15, -0.1) is 0 Å². The molecule has 0 heterocycles. The van der Waals surface area contributed by atoms with Crippen molar-refractivity contribution in [1.82, 2.24) is 5.32 Å². The number of methoxy groups -OCH3 is 1. The number of benzene rings is 3. The number of anilines is 1. The van der Waals surface area contributed by atoms with Crippen molar-refractivity contribution in [2.75, 3.05) is 12.4 Å². The minimum atomic E-state index is -1.42. The van der Waals surface area contributed by atoms with Gasteiger partial charge in [0, 0.05) is 21.8 Å². The van der Waals surface area contributed by atoms with E-state index in [0.29, 0.717) is 22.0 Å². The Bertz CT molecular complexity index is 1090. The largest absolute Gasteiger partial charge is 0.497 e. The molecule has 0 fully saturated rings. The molecule has 3 rings (SSSR count). The van der Waals surface area contributed by atoms with Gasteiger partial charge < -0.3 is 30.9 Å². The highest BCUT2D eigenvalue weighted by atomic mass is 35.5. The van der Waals surface area contributed by atoms with Crippen LogP contribution in [0.4, 0.5) is 10.5 Å². The van der Waals surface area contributed by atoms with E-state index in [1.54, 1.807) is 42.5 Å². The van der Waals surface area contributed by atoms with Gasteiger partial charge in [-0.25, -0.2) is 4.79 Å². The van der Waals surface area contributed by atoms with Crippen LogP contribution < -0.4 is 21.1 Å². The van der Waals surface area contributed by atoms with Crippen LogP contribution in [0.5, 0.6) is 5.75 Å². The van der Waals surface area contributed by atoms with Gasteiger partial charge in [0.2, 0.25) is 0 Å². The average Bonchev–Trinajstić information content (AvgIpc) is 2.83. The number of amides is 1. The van der Waals surface area contributed by atoms with Crippen molar-refractivity contribution in [2.45, 2.75) is 19.0 Å². The standard InChI is InChI=1S/C24H24ClN3O5/c1-32-18-11-12-20(19(13-18)21(29)16-7-9-17(25)10-8-16)27-23(30)22(26)28-24(31)33-14-15-5-3-2-4-6-15/h2-13,22-23,27,30H,14,26H2,1H3,(H,28,31). The van der Waals surface area contributed by atoms with E-state index in [1.807, 2.05) is 30.3 Å². The second-order valence-electron chi connectivity index (χ2n) is 7.07. The number of nitrogens with two attached hydrogens (primary N) is 1. The summed E-state index contributed by atoms with van der Waals surface area (Å²) >= 11 is 5.91. The van der Waals surface area contributed by atoms with E-state index < -0.39 is 18.5 Å². The van der Waals surface area contributed by atoms with Crippen molar-refractivity contribution < 1.29 is 24.2 Å². The molecular formula is C24H24ClN3O5. The molecule has 3 aromatic carbocycles. The Morgan fingerprint density at radius 2 is 1.76 bits per heavy atom. The third-order valence-corrected chi connectivity index (χ3v) is 4.97. The number of aliphatic hydroxyl groups excluding tert-OH is 1. The lowest BCUT2D eigenvalue weighted by molar-refractivity contribution is 0.103. The number of halogens is 1. The van der Waals surface area contributed by atoms with Gasteiger partial charge >= 0.3 is 6.09 Å². The van der Waals surface area contributed by atoms with Crippen molar-refractivity contribution >= 4 is 29.2 Å². The number of hydrogen-bond donors (Lipinski definition) is 4. The molecule has 1 amide bonds. The van der Waals surface area contributed by atoms with E-state index >= 15 is 0 Å². The van der Waals surface area contributed by atoms with Crippen LogP contribution in [0.25, 0.3) is 0 Å². The number of hydrogen-bond acceptors (Lipinski definition) is 7. The second kappa shape index (κ2) is 11.3. The van der Waals surface area contributed by atoms with Crippen LogP contribution in [0.3, 0.4) is 0 Å². The fourth-order valence-corrected chi connectivity index (χ4v) is 3.08. The molecule has 0 spiro atoms. The fourth-order valence-electron chi connectivity index (χ4n) is 2.95. The minimum absolute atomic E-state index is 0.0567. The number of carbonyl (C=O) groups excluding carboxylic acids is 2. The van der Waals surface area contributed by atoms with Gasteiger partial charge in [-0.05, 0) is 48.0 Å². The summed E-state index contributed by atoms with van der Waals surface area (Å²) in [6.07, 6.45) is -3.42. The normalized spacial score (nSPS) is 12.4. The van der Waals surface area contributed by atoms with E-state index in [-0.39, 0.29) is 18.0 Å². The van der Waals surface area contributed by atoms with Crippen molar-refractivity contribution in [3.05, 3.63) is 94.5 Å². The van der Waals surface area contributed by atoms with Gasteiger partial charge in [0.25, 0.3) is 0 Å². The zero-order valence-electron chi connectivity index (χ0n) is 17.8. The molecule has 9 heteroatoms. The van der Waals surface area contributed by atoms with Gasteiger partial charge in [-0.1, -0.05) is 41.9 Å². The maximum Gasteiger partial charge on any atom is 0.408 e. The number of alkyl carbamates (subject to hydrolysis) is 1. The van der Waals surface area contributed by atoms with Crippen LogP contribution in [0.2, 0.25) is 5.02 Å². The van der Waals surface area contributed by atoms with E-state index in [2.05, 4.69) is 10.6 Å². The second-order valence-corrected chi connectivity index (χ2v) is 7.50. The highest BCUT2D eigenvalue weighted by molar-refractivity contribution is 6.30. The van der Waals surface area contributed by atoms with Crippen LogP contribution in [0.15, 0.2) is 72.8 Å². The highest BCUT2D eigenvalue weighted by Crippen LogP contribution is 2.26. The van der Waals surface area contributed by atoms with Crippen molar-refractivity contribution in [1.29, 1.82) is 0 Å². The number of nitrogens with one attached hydrogen (secondary N) is 2. The SMILES string of the molecule is COc1ccc(NC(O)C(N)NC(=O)OCc2ccccc2)c(C(=O)c2ccc(Cl)cc2)c1. The molecule has 3 aromatic rings. The summed E-state index contributed by atoms with van der Waals surface area (Å²) in [7, 11) is 1.48. The summed E-state index contributed by atoms with van der Waals surface area (Å²) < 4.78 is 10.3. The molecule has 5 N–H and O–H groups in total. The maximum atomic E-state index is 13.1. The van der Waals surface area contributed by atoms with Crippen LogP contribution >= 0.6 is 11.6 Å². The van der Waals surface area contributed by atoms with Crippen molar-refractivity contribution in [2.24, 2.45) is 5.73 Å². The lowest BCUT2D eigenvalue weighted by Crippen LogP contribution is -2.52. The lowest BCUT2D eigenvalue weighted by Gasteiger charge is -2.23. The summed E-state index contributed by atoms with van der Waals surface area (Å²) in [5.74, 6) is 0.142. The zero-order chi connectivity index (χ0) is 23.8. The van der Waals surface area contributed by atoms with E-state index in [4.69, 9.17) is 26.8 Å². The summed E-state index contributed by atoms with van der Waals surface area (Å²) in [6.45, 7) is 0.0567. The first kappa shape index (κ1) is 24.1. The first-order chi connectivity index (χ1) is 15.9. The third-order valence-electron chi connectivity index (χ3n) is 4.72. The topological polar surface area (TPSA) is 123 Å². The monoisotopic (exact) mass is 469 g/mol. The molecule has 8 nitrogen and oxygen atoms in total. The molecule has 0 saturated heterocycles. The summed E-state index contributed by atoms with van der Waals surface area (Å²) in [5.41, 5.74) is 7.65. The molecule has 0 saturated carbocycles. The predicted molar refractivity (Wildman–Crippen MR) is 125 cm³/mol. The Hall–Kier alpha value is -3.59. The Morgan fingerprint density at radius 1 is 1.06 bits per heavy atom. The fraction of sp³-hybridized carbons (Fsp3) is 0.167. The van der Waals surface area contributed by atoms with Crippen LogP contribution in [-0.4, -0.2) is 36.5 Å². The van der Waals surface area contributed by atoms with E-state index in [0.717, 1.165) is 5.56 Å². The molecule has 172 valence electrons. The molecule has 0 aromatic heterocycles. The zero-order valence-corrected chi connectivity index (χ0v) is 18.6. The predicted octanol–water partition coefficient (Wildman–Crippen LogP) is 3.52. The van der Waals surface area contributed by atoms with Gasteiger partial charge in [0.1, 0.15) is 18.5 Å². The van der Waals surface area contributed by atoms with E-state index in [9.17, 15) is 14.7 Å². The van der Waals surface area contributed by atoms with Crippen LogP contribution in [0, 0.1) is 0 Å². The lowest BCUT2D eigenvalue weighted by atomic mass is 10.0. The molecule has 0 aliphatic carbocycles. The van der Waals surface area contributed by atoms with E-state index in [1.165, 1.54) is 7.11 Å². The van der Waals surface area contributed by atoms with Crippen LogP contribution in [0.1, 0.15) is 21.5 Å². The first-order valence-corrected chi connectivity index (χ1v) is 10.4. The minimum Gasteiger partial charge on any atom is -0.497 e. The maximum absolute atomic E-state index is 13.1. The Labute approximate surface area is 196 Å². The molecule has 0 aliphatic heterocycles. The number of ketones is 1. The Kier molecular flexibility index (Phi) is 8.26. The summed E-state index contributed by atoms with van der Waals surface area (Å²) in [4.78, 5) is 25.1. The van der Waals surface area contributed by atoms with Gasteiger partial charge in [0.15, 0.2) is 12.0 Å². The smallest absolute Gasteiger partial charge is 0.408 e. The quantitative estimate of drug-likeness (QED) is 0.279. The number of carbonyl (C=O) groups is 2. The number of aliphatic hydroxyl groups is 1. The summed E-state index contributed by atoms with van der Waals surface area (Å²) in [6, 6.07) is 20.3. The first-order valence-electron chi connectivity index (χ1n) is 10.0. The molecule has 0 bridgehead atoms. The highest BCUT2D eigenvalue weighted by Gasteiger charge is 2.21. The van der Waals surface area contributed by atoms with Crippen molar-refractivity contribution in [3.63, 3.8) is 0 Å². The van der Waals surface area contributed by atoms with Gasteiger partial charge in [0.05, 0.1) is 7.11 Å². The molecule has 0 radical (unpaired) electrons. The summed E-state index contributed by atoms with van der Waals surface area (Å²) in [5, 5.41) is 16.1. The molecule has 2 unspecified atom stereocenters. The molecular weight excluding hydrogens is 446 g/mol. The van der Waals surface area contributed by atoms with Gasteiger partial charge in [-0.2, -0.15) is 0 Å². The number of ether oxygens (including phenoxy) is 2. The van der Waals surface area contributed by atoms with Gasteiger partial charge in [-0.3, -0.25) is 4.79 Å². The molecule has 2 atom stereocenters. The third kappa shape index (κ3) is 6.69. The molecule has 0 aliphatic rings. The molecule has 33 heavy (non-hydrogen) atoms. The van der Waals surface area contributed by atoms with Crippen molar-refractivity contribution in [3.8, 4) is 5.75 Å². The average molecular weight is 470 g/mol. The Morgan fingerprint density at radius 3 is 2.42 bits per heavy atom. The Balaban J connectivity index is 1.67.